The number of carbonyl (C=O) groups is 1. The zero-order chi connectivity index (χ0) is 11.4. The highest BCUT2D eigenvalue weighted by atomic mass is 16.7. The van der Waals surface area contributed by atoms with Crippen LogP contribution in [0.3, 0.4) is 0 Å². The summed E-state index contributed by atoms with van der Waals surface area (Å²) in [6, 6.07) is 2.61. The van der Waals surface area contributed by atoms with Gasteiger partial charge in [-0.3, -0.25) is 19.4 Å². The molecule has 6 heteroatoms. The highest BCUT2D eigenvalue weighted by Crippen LogP contribution is 2.07. The van der Waals surface area contributed by atoms with Crippen LogP contribution in [0.5, 0.6) is 5.88 Å². The summed E-state index contributed by atoms with van der Waals surface area (Å²) in [5.41, 5.74) is -0.192. The van der Waals surface area contributed by atoms with E-state index in [2.05, 4.69) is 4.98 Å². The van der Waals surface area contributed by atoms with Gasteiger partial charge in [0.1, 0.15) is 0 Å². The average Bonchev–Trinajstić information content (AvgIpc) is 2.26. The molecule has 1 rings (SSSR count). The lowest BCUT2D eigenvalue weighted by molar-refractivity contribution is -0.0757. The molecule has 0 unspecified atom stereocenters. The van der Waals surface area contributed by atoms with Gasteiger partial charge in [-0.15, -0.1) is 0 Å². The molecule has 0 saturated carbocycles. The molecule has 0 atom stereocenters. The summed E-state index contributed by atoms with van der Waals surface area (Å²) in [5.74, 6) is -0.183. The van der Waals surface area contributed by atoms with Gasteiger partial charge in [-0.05, 0) is 0 Å². The summed E-state index contributed by atoms with van der Waals surface area (Å²) in [4.78, 5) is 29.9. The van der Waals surface area contributed by atoms with Crippen LogP contribution in [-0.2, 0) is 4.84 Å². The summed E-state index contributed by atoms with van der Waals surface area (Å²) in [7, 11) is 4.22. The molecular formula is C9H12N2O4. The summed E-state index contributed by atoms with van der Waals surface area (Å²) >= 11 is 0. The van der Waals surface area contributed by atoms with Crippen molar-refractivity contribution in [2.24, 2.45) is 0 Å². The van der Waals surface area contributed by atoms with E-state index in [4.69, 9.17) is 9.57 Å². The first-order valence-electron chi connectivity index (χ1n) is 4.19. The van der Waals surface area contributed by atoms with Crippen LogP contribution in [0.4, 0.5) is 0 Å². The Morgan fingerprint density at radius 1 is 1.40 bits per heavy atom. The summed E-state index contributed by atoms with van der Waals surface area (Å²) in [6.07, 6.45) is 0. The summed E-state index contributed by atoms with van der Waals surface area (Å²) in [5, 5.41) is 1.02. The van der Waals surface area contributed by atoms with Crippen molar-refractivity contribution in [1.29, 1.82) is 0 Å². The first-order chi connectivity index (χ1) is 7.08. The number of ether oxygens (including phenoxy) is 1. The van der Waals surface area contributed by atoms with Crippen molar-refractivity contribution in [3.8, 4) is 5.88 Å². The molecule has 0 aliphatic carbocycles. The van der Waals surface area contributed by atoms with E-state index in [1.165, 1.54) is 33.4 Å². The zero-order valence-electron chi connectivity index (χ0n) is 8.73. The molecule has 0 bridgehead atoms. The molecule has 1 heterocycles. The zero-order valence-corrected chi connectivity index (χ0v) is 8.73. The molecule has 1 aromatic rings. The van der Waals surface area contributed by atoms with Crippen molar-refractivity contribution in [3.05, 3.63) is 28.0 Å². The second kappa shape index (κ2) is 4.61. The lowest BCUT2D eigenvalue weighted by atomic mass is 10.2. The van der Waals surface area contributed by atoms with Crippen LogP contribution < -0.4 is 10.3 Å². The topological polar surface area (TPSA) is 71.6 Å². The fraction of sp³-hybridized carbons (Fsp3) is 0.333. The van der Waals surface area contributed by atoms with Crippen LogP contribution in [0.25, 0.3) is 0 Å². The Labute approximate surface area is 86.4 Å². The smallest absolute Gasteiger partial charge is 0.277 e. The SMILES string of the molecule is COc1cc(C(=O)N(C)OC)cc(=O)[nH]1. The van der Waals surface area contributed by atoms with Crippen LogP contribution in [0.1, 0.15) is 10.4 Å². The number of H-pyrrole nitrogens is 1. The number of nitrogens with one attached hydrogen (secondary N) is 1. The van der Waals surface area contributed by atoms with Crippen LogP contribution in [0.2, 0.25) is 0 Å². The first kappa shape index (κ1) is 11.3. The minimum Gasteiger partial charge on any atom is -0.482 e. The third-order valence-electron chi connectivity index (χ3n) is 1.85. The minimum absolute atomic E-state index is 0.208. The maximum atomic E-state index is 11.6. The van der Waals surface area contributed by atoms with Gasteiger partial charge in [-0.1, -0.05) is 0 Å². The highest BCUT2D eigenvalue weighted by Gasteiger charge is 2.13. The fourth-order valence-electron chi connectivity index (χ4n) is 1.02. The number of methoxy groups -OCH3 is 1. The summed E-state index contributed by atoms with van der Waals surface area (Å²) in [6.45, 7) is 0. The molecule has 1 amide bonds. The molecule has 0 aliphatic heterocycles. The van der Waals surface area contributed by atoms with Crippen LogP contribution >= 0.6 is 0 Å². The van der Waals surface area contributed by atoms with Crippen molar-refractivity contribution in [2.45, 2.75) is 0 Å². The number of hydroxylamine groups is 2. The second-order valence-electron chi connectivity index (χ2n) is 2.79. The van der Waals surface area contributed by atoms with E-state index in [1.807, 2.05) is 0 Å². The number of hydrogen-bond donors (Lipinski definition) is 1. The molecule has 1 aromatic heterocycles. The molecule has 0 aliphatic rings. The maximum absolute atomic E-state index is 11.6. The Kier molecular flexibility index (Phi) is 3.46. The highest BCUT2D eigenvalue weighted by molar-refractivity contribution is 5.93. The molecule has 0 spiro atoms. The van der Waals surface area contributed by atoms with Crippen LogP contribution in [-0.4, -0.2) is 37.2 Å². The van der Waals surface area contributed by atoms with Crippen molar-refractivity contribution < 1.29 is 14.4 Å². The van der Waals surface area contributed by atoms with E-state index in [1.54, 1.807) is 0 Å². The van der Waals surface area contributed by atoms with Crippen molar-refractivity contribution in [3.63, 3.8) is 0 Å². The van der Waals surface area contributed by atoms with Crippen LogP contribution in [0.15, 0.2) is 16.9 Å². The Morgan fingerprint density at radius 3 is 2.60 bits per heavy atom. The van der Waals surface area contributed by atoms with Gasteiger partial charge in [0, 0.05) is 19.2 Å². The Hall–Kier alpha value is -1.82. The fourth-order valence-corrected chi connectivity index (χ4v) is 1.02. The van der Waals surface area contributed by atoms with E-state index < -0.39 is 11.5 Å². The standard InChI is InChI=1S/C9H12N2O4/c1-11(15-3)9(13)6-4-7(12)10-8(5-6)14-2/h4-5H,1-3H3,(H,10,12). The predicted octanol–water partition coefficient (Wildman–Crippen LogP) is 0.0169. The van der Waals surface area contributed by atoms with Crippen molar-refractivity contribution in [1.82, 2.24) is 10.0 Å². The van der Waals surface area contributed by atoms with Gasteiger partial charge in [0.25, 0.3) is 11.5 Å². The number of aromatic nitrogens is 1. The van der Waals surface area contributed by atoms with Gasteiger partial charge < -0.3 is 4.74 Å². The predicted molar refractivity (Wildman–Crippen MR) is 52.7 cm³/mol. The van der Waals surface area contributed by atoms with E-state index in [-0.39, 0.29) is 11.4 Å². The Balaban J connectivity index is 3.09. The normalized spacial score (nSPS) is 9.80. The molecule has 0 aromatic carbocycles. The van der Waals surface area contributed by atoms with E-state index >= 15 is 0 Å². The van der Waals surface area contributed by atoms with Gasteiger partial charge in [0.15, 0.2) is 5.88 Å². The Bertz CT molecular complexity index is 413. The molecule has 0 radical (unpaired) electrons. The average molecular weight is 212 g/mol. The number of hydrogen-bond acceptors (Lipinski definition) is 4. The number of amides is 1. The number of carbonyl (C=O) groups excluding carboxylic acids is 1. The third kappa shape index (κ3) is 2.57. The molecule has 0 saturated heterocycles. The van der Waals surface area contributed by atoms with Crippen LogP contribution in [0, 0.1) is 0 Å². The van der Waals surface area contributed by atoms with E-state index in [0.717, 1.165) is 5.06 Å². The first-order valence-corrected chi connectivity index (χ1v) is 4.19. The monoisotopic (exact) mass is 212 g/mol. The third-order valence-corrected chi connectivity index (χ3v) is 1.85. The van der Waals surface area contributed by atoms with Crippen molar-refractivity contribution >= 4 is 5.91 Å². The molecule has 15 heavy (non-hydrogen) atoms. The number of rotatable bonds is 3. The summed E-state index contributed by atoms with van der Waals surface area (Å²) < 4.78 is 4.83. The van der Waals surface area contributed by atoms with Gasteiger partial charge >= 0.3 is 0 Å². The molecule has 0 fully saturated rings. The van der Waals surface area contributed by atoms with Gasteiger partial charge in [-0.25, -0.2) is 5.06 Å². The lowest BCUT2D eigenvalue weighted by Gasteiger charge is -2.13. The van der Waals surface area contributed by atoms with E-state index in [0.29, 0.717) is 0 Å². The number of nitrogens with zero attached hydrogens (tertiary/aromatic N) is 1. The minimum atomic E-state index is -0.415. The molecule has 1 N–H and O–H groups in total. The molecule has 82 valence electrons. The largest absolute Gasteiger partial charge is 0.482 e. The lowest BCUT2D eigenvalue weighted by Crippen LogP contribution is -2.26. The second-order valence-corrected chi connectivity index (χ2v) is 2.79. The van der Waals surface area contributed by atoms with Gasteiger partial charge in [0.05, 0.1) is 19.8 Å². The number of pyridine rings is 1. The number of aromatic amines is 1. The van der Waals surface area contributed by atoms with Crippen molar-refractivity contribution in [2.75, 3.05) is 21.3 Å². The van der Waals surface area contributed by atoms with Gasteiger partial charge in [-0.2, -0.15) is 0 Å². The molecule has 6 nitrogen and oxygen atoms in total. The quantitative estimate of drug-likeness (QED) is 0.717. The molecular weight excluding hydrogens is 200 g/mol. The maximum Gasteiger partial charge on any atom is 0.277 e. The Morgan fingerprint density at radius 2 is 2.07 bits per heavy atom. The van der Waals surface area contributed by atoms with E-state index in [9.17, 15) is 9.59 Å². The van der Waals surface area contributed by atoms with Gasteiger partial charge in [0.2, 0.25) is 0 Å².